The fourth-order valence-electron chi connectivity index (χ4n) is 2.08. The predicted octanol–water partition coefficient (Wildman–Crippen LogP) is 3.17. The van der Waals surface area contributed by atoms with E-state index in [9.17, 15) is 0 Å². The maximum Gasteiger partial charge on any atom is 0.462 e. The molecule has 0 spiro atoms. The van der Waals surface area contributed by atoms with Crippen LogP contribution in [0.3, 0.4) is 0 Å². The van der Waals surface area contributed by atoms with Gasteiger partial charge >= 0.3 is 7.12 Å². The highest BCUT2D eigenvalue weighted by Gasteiger charge is 2.50. The number of hydrogen-bond acceptors (Lipinski definition) is 2. The summed E-state index contributed by atoms with van der Waals surface area (Å²) >= 11 is 0. The van der Waals surface area contributed by atoms with Gasteiger partial charge in [0.05, 0.1) is 11.2 Å². The monoisotopic (exact) mass is 232 g/mol. The average molecular weight is 232 g/mol. The maximum absolute atomic E-state index is 5.99. The molecule has 1 aliphatic heterocycles. The highest BCUT2D eigenvalue weighted by atomic mass is 16.7. The third-order valence-corrected chi connectivity index (χ3v) is 3.79. The summed E-state index contributed by atoms with van der Waals surface area (Å²) in [7, 11) is -0.137. The molecule has 0 aromatic heterocycles. The zero-order valence-corrected chi connectivity index (χ0v) is 11.4. The fraction of sp³-hybridized carbons (Fsp3) is 0.571. The lowest BCUT2D eigenvalue weighted by molar-refractivity contribution is 0.00578. The van der Waals surface area contributed by atoms with Crippen LogP contribution < -0.4 is 0 Å². The van der Waals surface area contributed by atoms with Gasteiger partial charge in [-0.15, -0.1) is 0 Å². The van der Waals surface area contributed by atoms with Gasteiger partial charge in [0.25, 0.3) is 0 Å². The minimum Gasteiger partial charge on any atom is -0.403 e. The normalized spacial score (nSPS) is 21.8. The Bertz CT molecular complexity index is 396. The van der Waals surface area contributed by atoms with Crippen LogP contribution in [-0.2, 0) is 15.6 Å². The van der Waals surface area contributed by atoms with Crippen molar-refractivity contribution in [2.45, 2.75) is 52.1 Å². The first-order valence-electron chi connectivity index (χ1n) is 6.21. The van der Waals surface area contributed by atoms with E-state index >= 15 is 0 Å². The Balaban J connectivity index is 2.08. The van der Waals surface area contributed by atoms with E-state index in [1.165, 1.54) is 11.1 Å². The summed E-state index contributed by atoms with van der Waals surface area (Å²) < 4.78 is 12.0. The molecule has 0 unspecified atom stereocenters. The highest BCUT2D eigenvalue weighted by molar-refractivity contribution is 6.45. The minimum atomic E-state index is -0.235. The largest absolute Gasteiger partial charge is 0.462 e. The number of hydrogen-bond donors (Lipinski definition) is 0. The van der Waals surface area contributed by atoms with E-state index < -0.39 is 0 Å². The van der Waals surface area contributed by atoms with Crippen molar-refractivity contribution < 1.29 is 9.31 Å². The molecule has 1 heterocycles. The van der Waals surface area contributed by atoms with E-state index in [1.54, 1.807) is 0 Å². The molecule has 0 saturated carbocycles. The topological polar surface area (TPSA) is 18.5 Å². The summed E-state index contributed by atoms with van der Waals surface area (Å²) in [4.78, 5) is 0. The molecular weight excluding hydrogens is 211 g/mol. The second-order valence-electron chi connectivity index (χ2n) is 5.88. The molecular formula is C14H21BO2. The second-order valence-corrected chi connectivity index (χ2v) is 5.88. The predicted molar refractivity (Wildman–Crippen MR) is 71.0 cm³/mol. The molecule has 0 bridgehead atoms. The zero-order chi connectivity index (χ0) is 12.7. The maximum atomic E-state index is 5.99. The molecule has 0 atom stereocenters. The van der Waals surface area contributed by atoms with Gasteiger partial charge in [-0.1, -0.05) is 29.8 Å². The Morgan fingerprint density at radius 3 is 2.18 bits per heavy atom. The van der Waals surface area contributed by atoms with E-state index in [0.717, 1.165) is 6.32 Å². The van der Waals surface area contributed by atoms with Crippen molar-refractivity contribution in [3.05, 3.63) is 35.4 Å². The molecule has 1 aromatic rings. The average Bonchev–Trinajstić information content (AvgIpc) is 2.34. The Hall–Kier alpha value is -0.795. The van der Waals surface area contributed by atoms with Gasteiger partial charge in [0, 0.05) is 6.32 Å². The first kappa shape index (κ1) is 12.7. The van der Waals surface area contributed by atoms with Gasteiger partial charge in [-0.3, -0.25) is 0 Å². The molecule has 1 saturated heterocycles. The SMILES string of the molecule is Cc1cccc(CB2OC(C)(C)C(C)(C)O2)c1. The number of rotatable bonds is 2. The van der Waals surface area contributed by atoms with Crippen LogP contribution in [0.25, 0.3) is 0 Å². The van der Waals surface area contributed by atoms with Crippen LogP contribution in [0, 0.1) is 6.92 Å². The molecule has 2 nitrogen and oxygen atoms in total. The summed E-state index contributed by atoms with van der Waals surface area (Å²) in [5.74, 6) is 0. The standard InChI is InChI=1S/C14H21BO2/c1-11-7-6-8-12(9-11)10-15-16-13(2,3)14(4,5)17-15/h6-9H,10H2,1-5H3. The Morgan fingerprint density at radius 1 is 1.06 bits per heavy atom. The quantitative estimate of drug-likeness (QED) is 0.729. The lowest BCUT2D eigenvalue weighted by atomic mass is 9.80. The van der Waals surface area contributed by atoms with Crippen LogP contribution in [0.4, 0.5) is 0 Å². The van der Waals surface area contributed by atoms with Crippen molar-refractivity contribution >= 4 is 7.12 Å². The van der Waals surface area contributed by atoms with Crippen molar-refractivity contribution in [3.63, 3.8) is 0 Å². The minimum absolute atomic E-state index is 0.137. The van der Waals surface area contributed by atoms with E-state index in [4.69, 9.17) is 9.31 Å². The number of aryl methyl sites for hydroxylation is 1. The van der Waals surface area contributed by atoms with Gasteiger partial charge in [-0.25, -0.2) is 0 Å². The van der Waals surface area contributed by atoms with Gasteiger partial charge in [-0.2, -0.15) is 0 Å². The molecule has 3 heteroatoms. The molecule has 92 valence electrons. The van der Waals surface area contributed by atoms with Crippen LogP contribution in [0.1, 0.15) is 38.8 Å². The zero-order valence-electron chi connectivity index (χ0n) is 11.4. The summed E-state index contributed by atoms with van der Waals surface area (Å²) in [5.41, 5.74) is 2.07. The third-order valence-electron chi connectivity index (χ3n) is 3.79. The van der Waals surface area contributed by atoms with Gasteiger partial charge in [-0.05, 0) is 40.2 Å². The lowest BCUT2D eigenvalue weighted by Gasteiger charge is -2.32. The van der Waals surface area contributed by atoms with Crippen LogP contribution in [-0.4, -0.2) is 18.3 Å². The molecule has 0 amide bonds. The van der Waals surface area contributed by atoms with Gasteiger partial charge in [0.1, 0.15) is 0 Å². The van der Waals surface area contributed by atoms with Crippen LogP contribution in [0.2, 0.25) is 0 Å². The van der Waals surface area contributed by atoms with Crippen molar-refractivity contribution in [2.24, 2.45) is 0 Å². The van der Waals surface area contributed by atoms with Gasteiger partial charge < -0.3 is 9.31 Å². The third kappa shape index (κ3) is 2.56. The molecule has 17 heavy (non-hydrogen) atoms. The summed E-state index contributed by atoms with van der Waals surface area (Å²) in [6.07, 6.45) is 0.814. The molecule has 1 aliphatic rings. The van der Waals surface area contributed by atoms with E-state index in [0.29, 0.717) is 0 Å². The lowest BCUT2D eigenvalue weighted by Crippen LogP contribution is -2.41. The molecule has 0 N–H and O–H groups in total. The second kappa shape index (κ2) is 4.15. The van der Waals surface area contributed by atoms with Crippen molar-refractivity contribution in [1.29, 1.82) is 0 Å². The van der Waals surface area contributed by atoms with Crippen molar-refractivity contribution in [3.8, 4) is 0 Å². The molecule has 1 fully saturated rings. The number of benzene rings is 1. The summed E-state index contributed by atoms with van der Waals surface area (Å²) in [5, 5.41) is 0. The van der Waals surface area contributed by atoms with Crippen LogP contribution in [0.5, 0.6) is 0 Å². The highest BCUT2D eigenvalue weighted by Crippen LogP contribution is 2.37. The fourth-order valence-corrected chi connectivity index (χ4v) is 2.08. The van der Waals surface area contributed by atoms with E-state index in [-0.39, 0.29) is 18.3 Å². The molecule has 2 rings (SSSR count). The van der Waals surface area contributed by atoms with Crippen molar-refractivity contribution in [2.75, 3.05) is 0 Å². The molecule has 0 aliphatic carbocycles. The van der Waals surface area contributed by atoms with E-state index in [2.05, 4.69) is 58.9 Å². The Morgan fingerprint density at radius 2 is 1.65 bits per heavy atom. The first-order valence-corrected chi connectivity index (χ1v) is 6.21. The summed E-state index contributed by atoms with van der Waals surface area (Å²) in [6, 6.07) is 8.49. The smallest absolute Gasteiger partial charge is 0.403 e. The van der Waals surface area contributed by atoms with Gasteiger partial charge in [0.15, 0.2) is 0 Å². The van der Waals surface area contributed by atoms with Crippen LogP contribution in [0.15, 0.2) is 24.3 Å². The first-order chi connectivity index (χ1) is 7.80. The molecule has 0 radical (unpaired) electrons. The van der Waals surface area contributed by atoms with Crippen LogP contribution >= 0.6 is 0 Å². The van der Waals surface area contributed by atoms with Gasteiger partial charge in [0.2, 0.25) is 0 Å². The molecule has 1 aromatic carbocycles. The Kier molecular flexibility index (Phi) is 3.09. The van der Waals surface area contributed by atoms with E-state index in [1.807, 2.05) is 0 Å². The Labute approximate surface area is 104 Å². The summed E-state index contributed by atoms with van der Waals surface area (Å²) in [6.45, 7) is 10.5. The van der Waals surface area contributed by atoms with Crippen molar-refractivity contribution in [1.82, 2.24) is 0 Å².